The number of halogens is 2. The smallest absolute Gasteiger partial charge is 0.321 e. The number of nitrogens with zero attached hydrogens (tertiary/aromatic N) is 3. The van der Waals surface area contributed by atoms with E-state index < -0.39 is 11.8 Å². The quantitative estimate of drug-likeness (QED) is 0.230. The number of aliphatic hydroxyl groups is 2. The summed E-state index contributed by atoms with van der Waals surface area (Å²) in [6, 6.07) is 8.83. The minimum atomic E-state index is -0.466. The second kappa shape index (κ2) is 13.0. The highest BCUT2D eigenvalue weighted by Gasteiger charge is 2.21. The first kappa shape index (κ1) is 27.9. The number of urea groups is 1. The highest BCUT2D eigenvalue weighted by molar-refractivity contribution is 7.22. The largest absolute Gasteiger partial charge is 0.395 e. The van der Waals surface area contributed by atoms with Gasteiger partial charge in [-0.15, -0.1) is 23.7 Å². The molecular formula is C24H27ClFN5O3S2. The maximum atomic E-state index is 15.8. The molecule has 8 nitrogen and oxygen atoms in total. The van der Waals surface area contributed by atoms with E-state index in [2.05, 4.69) is 20.6 Å². The Hall–Kier alpha value is -2.67. The van der Waals surface area contributed by atoms with Crippen LogP contribution in [-0.4, -0.2) is 64.0 Å². The maximum Gasteiger partial charge on any atom is 0.321 e. The van der Waals surface area contributed by atoms with Crippen LogP contribution >= 0.6 is 35.1 Å². The number of aliphatic hydroxyl groups excluding tert-OH is 2. The molecule has 1 aromatic carbocycles. The van der Waals surface area contributed by atoms with E-state index >= 15 is 4.39 Å². The van der Waals surface area contributed by atoms with Crippen molar-refractivity contribution >= 4 is 56.5 Å². The van der Waals surface area contributed by atoms with Gasteiger partial charge in [0.05, 0.1) is 23.6 Å². The number of fused-ring (bicyclic) bond motifs is 1. The topological polar surface area (TPSA) is 111 Å². The lowest BCUT2D eigenvalue weighted by molar-refractivity contribution is 0.157. The number of amides is 2. The van der Waals surface area contributed by atoms with Crippen LogP contribution in [0.2, 0.25) is 0 Å². The molecule has 4 N–H and O–H groups in total. The van der Waals surface area contributed by atoms with Gasteiger partial charge in [0.25, 0.3) is 0 Å². The Bertz CT molecular complexity index is 1300. The molecule has 2 amide bonds. The van der Waals surface area contributed by atoms with Gasteiger partial charge in [0.1, 0.15) is 5.52 Å². The maximum absolute atomic E-state index is 15.8. The first-order chi connectivity index (χ1) is 17.0. The van der Waals surface area contributed by atoms with Crippen LogP contribution in [0.15, 0.2) is 41.9 Å². The summed E-state index contributed by atoms with van der Waals surface area (Å²) in [5.41, 5.74) is 2.69. The van der Waals surface area contributed by atoms with Gasteiger partial charge in [0.2, 0.25) is 0 Å². The number of pyridine rings is 1. The Morgan fingerprint density at radius 3 is 2.61 bits per heavy atom. The zero-order valence-corrected chi connectivity index (χ0v) is 22.0. The highest BCUT2D eigenvalue weighted by Crippen LogP contribution is 2.41. The van der Waals surface area contributed by atoms with Crippen molar-refractivity contribution < 1.29 is 19.4 Å². The average molecular weight is 552 g/mol. The third kappa shape index (κ3) is 6.36. The van der Waals surface area contributed by atoms with Crippen molar-refractivity contribution in [3.05, 3.63) is 52.6 Å². The molecule has 0 aliphatic carbocycles. The Labute approximate surface area is 222 Å². The van der Waals surface area contributed by atoms with Crippen LogP contribution in [0.25, 0.3) is 32.6 Å². The molecule has 3 aromatic heterocycles. The molecule has 0 saturated heterocycles. The SMILES string of the molecule is CCNC(=O)Nc1nc2c(F)c(-c3csc(CN(CCO)CCO)c3)cc(-c3ccccn3)c2s1.Cl. The lowest BCUT2D eigenvalue weighted by Crippen LogP contribution is -2.28. The van der Waals surface area contributed by atoms with Gasteiger partial charge < -0.3 is 15.5 Å². The van der Waals surface area contributed by atoms with E-state index in [0.717, 1.165) is 10.4 Å². The minimum Gasteiger partial charge on any atom is -0.395 e. The first-order valence-electron chi connectivity index (χ1n) is 11.1. The van der Waals surface area contributed by atoms with Crippen molar-refractivity contribution in [2.75, 3.05) is 38.2 Å². The van der Waals surface area contributed by atoms with Crippen molar-refractivity contribution in [3.63, 3.8) is 0 Å². The molecule has 12 heteroatoms. The molecule has 0 fully saturated rings. The van der Waals surface area contributed by atoms with Gasteiger partial charge in [-0.25, -0.2) is 14.2 Å². The van der Waals surface area contributed by atoms with Crippen molar-refractivity contribution in [2.24, 2.45) is 0 Å². The molecule has 0 atom stereocenters. The van der Waals surface area contributed by atoms with Gasteiger partial charge in [-0.2, -0.15) is 0 Å². The Morgan fingerprint density at radius 2 is 1.94 bits per heavy atom. The second-order valence-electron chi connectivity index (χ2n) is 7.71. The Morgan fingerprint density at radius 1 is 1.17 bits per heavy atom. The highest BCUT2D eigenvalue weighted by atomic mass is 35.5. The van der Waals surface area contributed by atoms with Crippen molar-refractivity contribution in [3.8, 4) is 22.4 Å². The number of aromatic nitrogens is 2. The van der Waals surface area contributed by atoms with Gasteiger partial charge in [0.15, 0.2) is 10.9 Å². The van der Waals surface area contributed by atoms with E-state index in [-0.39, 0.29) is 31.1 Å². The third-order valence-electron chi connectivity index (χ3n) is 5.28. The molecule has 0 spiro atoms. The van der Waals surface area contributed by atoms with Gasteiger partial charge in [-0.05, 0) is 42.1 Å². The van der Waals surface area contributed by atoms with Crippen LogP contribution in [0.1, 0.15) is 11.8 Å². The molecule has 0 radical (unpaired) electrons. The number of thiophene rings is 1. The van der Waals surface area contributed by atoms with Crippen LogP contribution in [0.3, 0.4) is 0 Å². The predicted molar refractivity (Wildman–Crippen MR) is 146 cm³/mol. The zero-order valence-electron chi connectivity index (χ0n) is 19.5. The van der Waals surface area contributed by atoms with Crippen LogP contribution in [-0.2, 0) is 6.54 Å². The lowest BCUT2D eigenvalue weighted by Gasteiger charge is -2.18. The monoisotopic (exact) mass is 551 g/mol. The zero-order chi connectivity index (χ0) is 24.8. The van der Waals surface area contributed by atoms with Crippen molar-refractivity contribution in [2.45, 2.75) is 13.5 Å². The fourth-order valence-electron chi connectivity index (χ4n) is 3.71. The number of benzene rings is 1. The van der Waals surface area contributed by atoms with Gasteiger partial charge >= 0.3 is 6.03 Å². The van der Waals surface area contributed by atoms with Crippen LogP contribution in [0.5, 0.6) is 0 Å². The van der Waals surface area contributed by atoms with Crippen molar-refractivity contribution in [1.82, 2.24) is 20.2 Å². The van der Waals surface area contributed by atoms with E-state index in [4.69, 9.17) is 0 Å². The fourth-order valence-corrected chi connectivity index (χ4v) is 5.61. The normalized spacial score (nSPS) is 11.0. The molecule has 0 aliphatic rings. The summed E-state index contributed by atoms with van der Waals surface area (Å²) in [4.78, 5) is 23.8. The van der Waals surface area contributed by atoms with Crippen LogP contribution in [0.4, 0.5) is 14.3 Å². The number of anilines is 1. The van der Waals surface area contributed by atoms with Crippen LogP contribution < -0.4 is 10.6 Å². The molecule has 0 saturated carbocycles. The molecule has 192 valence electrons. The standard InChI is InChI=1S/C24H26FN5O3S2.ClH/c1-2-26-23(33)29-24-28-21-20(25)17(12-18(22(21)35-24)19-5-3-4-6-27-19)15-11-16(34-14-15)13-30(7-9-31)8-10-32;/h3-6,11-12,14,31-32H,2,7-10,13H2,1H3,(H2,26,28,29,33);1H. The van der Waals surface area contributed by atoms with Gasteiger partial charge in [-0.1, -0.05) is 17.4 Å². The summed E-state index contributed by atoms with van der Waals surface area (Å²) in [5, 5.41) is 26.1. The number of nitrogens with one attached hydrogen (secondary N) is 2. The number of thiazole rings is 1. The summed E-state index contributed by atoms with van der Waals surface area (Å²) in [5.74, 6) is -0.466. The van der Waals surface area contributed by atoms with E-state index in [0.29, 0.717) is 52.8 Å². The number of hydrogen-bond donors (Lipinski definition) is 4. The summed E-state index contributed by atoms with van der Waals surface area (Å²) in [6.45, 7) is 3.69. The fraction of sp³-hybridized carbons (Fsp3) is 0.292. The predicted octanol–water partition coefficient (Wildman–Crippen LogP) is 4.58. The number of hydrogen-bond acceptors (Lipinski definition) is 8. The third-order valence-corrected chi connectivity index (χ3v) is 7.21. The molecule has 0 bridgehead atoms. The second-order valence-corrected chi connectivity index (χ2v) is 9.70. The van der Waals surface area contributed by atoms with E-state index in [9.17, 15) is 15.0 Å². The van der Waals surface area contributed by atoms with Crippen molar-refractivity contribution in [1.29, 1.82) is 0 Å². The molecule has 4 rings (SSSR count). The number of carbonyl (C=O) groups is 1. The van der Waals surface area contributed by atoms with E-state index in [1.807, 2.05) is 41.5 Å². The van der Waals surface area contributed by atoms with E-state index in [1.54, 1.807) is 12.3 Å². The minimum absolute atomic E-state index is 0. The summed E-state index contributed by atoms with van der Waals surface area (Å²) >= 11 is 2.69. The molecule has 0 aliphatic heterocycles. The molecular weight excluding hydrogens is 525 g/mol. The number of rotatable bonds is 10. The van der Waals surface area contributed by atoms with E-state index in [1.165, 1.54) is 22.7 Å². The lowest BCUT2D eigenvalue weighted by atomic mass is 10.0. The van der Waals surface area contributed by atoms with Crippen LogP contribution in [0, 0.1) is 5.82 Å². The Kier molecular flexibility index (Phi) is 10.1. The molecule has 3 heterocycles. The summed E-state index contributed by atoms with van der Waals surface area (Å²) in [7, 11) is 0. The average Bonchev–Trinajstić information content (AvgIpc) is 3.48. The first-order valence-corrected chi connectivity index (χ1v) is 12.8. The summed E-state index contributed by atoms with van der Waals surface area (Å²) < 4.78 is 16.4. The summed E-state index contributed by atoms with van der Waals surface area (Å²) in [6.07, 6.45) is 1.68. The van der Waals surface area contributed by atoms with Gasteiger partial charge in [-0.3, -0.25) is 15.2 Å². The molecule has 0 unspecified atom stereocenters. The number of carbonyl (C=O) groups excluding carboxylic acids is 1. The van der Waals surface area contributed by atoms with Gasteiger partial charge in [0, 0.05) is 48.4 Å². The molecule has 36 heavy (non-hydrogen) atoms. The molecule has 4 aromatic rings. The Balaban J connectivity index is 0.00000361.